The molecule has 1 rings (SSSR count). The van der Waals surface area contributed by atoms with Gasteiger partial charge in [0.05, 0.1) is 26.7 Å². The maximum Gasteiger partial charge on any atom is 0.307 e. The van der Waals surface area contributed by atoms with E-state index in [0.717, 1.165) is 18.4 Å². The third-order valence-corrected chi connectivity index (χ3v) is 3.31. The average molecular weight is 349 g/mol. The second kappa shape index (κ2) is 11.9. The Morgan fingerprint density at radius 1 is 1.16 bits per heavy atom. The van der Waals surface area contributed by atoms with Crippen LogP contribution in [0, 0.1) is 0 Å². The summed E-state index contributed by atoms with van der Waals surface area (Å²) in [4.78, 5) is 22.7. The van der Waals surface area contributed by atoms with Crippen molar-refractivity contribution in [2.75, 3.05) is 26.9 Å². The van der Waals surface area contributed by atoms with Crippen molar-refractivity contribution in [3.63, 3.8) is 0 Å². The van der Waals surface area contributed by atoms with Crippen LogP contribution in [0.2, 0.25) is 0 Å². The first-order valence-electron chi connectivity index (χ1n) is 8.53. The van der Waals surface area contributed by atoms with Crippen LogP contribution >= 0.6 is 0 Å². The largest absolute Gasteiger partial charge is 0.490 e. The van der Waals surface area contributed by atoms with E-state index in [1.165, 1.54) is 13.2 Å². The lowest BCUT2D eigenvalue weighted by Gasteiger charge is -2.12. The van der Waals surface area contributed by atoms with Crippen molar-refractivity contribution in [1.82, 2.24) is 5.32 Å². The summed E-state index contributed by atoms with van der Waals surface area (Å²) < 4.78 is 15.8. The van der Waals surface area contributed by atoms with Gasteiger partial charge in [-0.2, -0.15) is 0 Å². The molecule has 6 nitrogen and oxygen atoms in total. The molecule has 0 aliphatic heterocycles. The number of nitrogens with one attached hydrogen (secondary N) is 1. The molecule has 0 bridgehead atoms. The Morgan fingerprint density at radius 2 is 1.96 bits per heavy atom. The van der Waals surface area contributed by atoms with Gasteiger partial charge in [0.15, 0.2) is 11.5 Å². The molecular weight excluding hydrogens is 322 g/mol. The van der Waals surface area contributed by atoms with Gasteiger partial charge in [0.1, 0.15) is 0 Å². The lowest BCUT2D eigenvalue weighted by atomic mass is 10.2. The summed E-state index contributed by atoms with van der Waals surface area (Å²) in [5.74, 6) is 0.733. The van der Waals surface area contributed by atoms with Crippen LogP contribution in [0.3, 0.4) is 0 Å². The summed E-state index contributed by atoms with van der Waals surface area (Å²) in [5.41, 5.74) is 0.828. The molecule has 0 radical (unpaired) electrons. The van der Waals surface area contributed by atoms with Crippen molar-refractivity contribution in [2.45, 2.75) is 33.1 Å². The van der Waals surface area contributed by atoms with Gasteiger partial charge in [-0.3, -0.25) is 9.59 Å². The minimum atomic E-state index is -0.357. The molecule has 1 N–H and O–H groups in total. The zero-order valence-electron chi connectivity index (χ0n) is 15.2. The molecule has 0 heterocycles. The van der Waals surface area contributed by atoms with Gasteiger partial charge in [-0.25, -0.2) is 0 Å². The van der Waals surface area contributed by atoms with Gasteiger partial charge < -0.3 is 19.5 Å². The Labute approximate surface area is 149 Å². The second-order valence-electron chi connectivity index (χ2n) is 5.29. The SMILES string of the molecule is CCCCOc1ccc(/C=C/C(=O)NCCC(=O)OC)cc1OCC. The molecule has 0 saturated carbocycles. The number of methoxy groups -OCH3 is 1. The number of hydrogen-bond acceptors (Lipinski definition) is 5. The third-order valence-electron chi connectivity index (χ3n) is 3.31. The Hall–Kier alpha value is -2.50. The fraction of sp³-hybridized carbons (Fsp3) is 0.474. The number of carbonyl (C=O) groups is 2. The highest BCUT2D eigenvalue weighted by Crippen LogP contribution is 2.29. The van der Waals surface area contributed by atoms with E-state index in [0.29, 0.717) is 24.7 Å². The molecule has 1 aromatic rings. The second-order valence-corrected chi connectivity index (χ2v) is 5.29. The molecule has 0 unspecified atom stereocenters. The van der Waals surface area contributed by atoms with E-state index in [9.17, 15) is 9.59 Å². The number of benzene rings is 1. The number of ether oxygens (including phenoxy) is 3. The van der Waals surface area contributed by atoms with E-state index in [4.69, 9.17) is 9.47 Å². The smallest absolute Gasteiger partial charge is 0.307 e. The van der Waals surface area contributed by atoms with E-state index >= 15 is 0 Å². The van der Waals surface area contributed by atoms with E-state index < -0.39 is 0 Å². The van der Waals surface area contributed by atoms with Crippen LogP contribution in [-0.4, -0.2) is 38.7 Å². The third kappa shape index (κ3) is 8.24. The molecule has 0 aromatic heterocycles. The molecule has 0 saturated heterocycles. The normalized spacial score (nSPS) is 10.5. The van der Waals surface area contributed by atoms with Crippen LogP contribution in [0.25, 0.3) is 6.08 Å². The van der Waals surface area contributed by atoms with Crippen LogP contribution in [0.4, 0.5) is 0 Å². The van der Waals surface area contributed by atoms with Gasteiger partial charge in [-0.05, 0) is 37.1 Å². The van der Waals surface area contributed by atoms with Crippen LogP contribution in [0.5, 0.6) is 11.5 Å². The summed E-state index contributed by atoms with van der Waals surface area (Å²) in [6.45, 7) is 5.44. The monoisotopic (exact) mass is 349 g/mol. The molecular formula is C19H27NO5. The number of amides is 1. The summed E-state index contributed by atoms with van der Waals surface area (Å²) in [5, 5.41) is 2.62. The standard InChI is InChI=1S/C19H27NO5/c1-4-6-13-25-16-9-7-15(14-17(16)24-5-2)8-10-18(21)20-12-11-19(22)23-3/h7-10,14H,4-6,11-13H2,1-3H3,(H,20,21)/b10-8+. The summed E-state index contributed by atoms with van der Waals surface area (Å²) in [6, 6.07) is 5.54. The van der Waals surface area contributed by atoms with Gasteiger partial charge in [0, 0.05) is 12.6 Å². The first-order valence-corrected chi connectivity index (χ1v) is 8.53. The Balaban J connectivity index is 2.63. The highest BCUT2D eigenvalue weighted by molar-refractivity contribution is 5.92. The molecule has 0 aliphatic carbocycles. The fourth-order valence-corrected chi connectivity index (χ4v) is 1.96. The molecule has 0 aliphatic rings. The minimum absolute atomic E-state index is 0.147. The van der Waals surface area contributed by atoms with E-state index in [1.54, 1.807) is 6.08 Å². The van der Waals surface area contributed by atoms with Gasteiger partial charge in [0.2, 0.25) is 5.91 Å². The highest BCUT2D eigenvalue weighted by atomic mass is 16.5. The first-order chi connectivity index (χ1) is 12.1. The van der Waals surface area contributed by atoms with Crippen LogP contribution < -0.4 is 14.8 Å². The summed E-state index contributed by atoms with van der Waals surface area (Å²) >= 11 is 0. The zero-order chi connectivity index (χ0) is 18.5. The molecule has 1 aromatic carbocycles. The lowest BCUT2D eigenvalue weighted by molar-refractivity contribution is -0.140. The number of unbranched alkanes of at least 4 members (excludes halogenated alkanes) is 1. The number of rotatable bonds is 11. The summed E-state index contributed by atoms with van der Waals surface area (Å²) in [6.07, 6.45) is 5.30. The first kappa shape index (κ1) is 20.5. The molecule has 25 heavy (non-hydrogen) atoms. The predicted octanol–water partition coefficient (Wildman–Crippen LogP) is 2.96. The van der Waals surface area contributed by atoms with Crippen LogP contribution in [-0.2, 0) is 14.3 Å². The topological polar surface area (TPSA) is 73.9 Å². The van der Waals surface area contributed by atoms with E-state index in [2.05, 4.69) is 17.0 Å². The van der Waals surface area contributed by atoms with E-state index in [-0.39, 0.29) is 24.8 Å². The number of hydrogen-bond donors (Lipinski definition) is 1. The van der Waals surface area contributed by atoms with Crippen molar-refractivity contribution in [2.24, 2.45) is 0 Å². The van der Waals surface area contributed by atoms with Crippen molar-refractivity contribution in [3.05, 3.63) is 29.8 Å². The van der Waals surface area contributed by atoms with Crippen LogP contribution in [0.15, 0.2) is 24.3 Å². The maximum absolute atomic E-state index is 11.7. The van der Waals surface area contributed by atoms with Gasteiger partial charge in [0.25, 0.3) is 0 Å². The van der Waals surface area contributed by atoms with Crippen molar-refractivity contribution >= 4 is 18.0 Å². The summed E-state index contributed by atoms with van der Waals surface area (Å²) in [7, 11) is 1.32. The van der Waals surface area contributed by atoms with Crippen molar-refractivity contribution in [3.8, 4) is 11.5 Å². The number of carbonyl (C=O) groups excluding carboxylic acids is 2. The number of esters is 1. The van der Waals surface area contributed by atoms with E-state index in [1.807, 2.05) is 25.1 Å². The average Bonchev–Trinajstić information content (AvgIpc) is 2.61. The molecule has 1 amide bonds. The highest BCUT2D eigenvalue weighted by Gasteiger charge is 2.06. The molecule has 6 heteroatoms. The Morgan fingerprint density at radius 3 is 2.64 bits per heavy atom. The minimum Gasteiger partial charge on any atom is -0.490 e. The lowest BCUT2D eigenvalue weighted by Crippen LogP contribution is -2.24. The molecule has 0 atom stereocenters. The van der Waals surface area contributed by atoms with Crippen molar-refractivity contribution < 1.29 is 23.8 Å². The molecule has 0 fully saturated rings. The molecule has 138 valence electrons. The zero-order valence-corrected chi connectivity index (χ0v) is 15.2. The quantitative estimate of drug-likeness (QED) is 0.378. The van der Waals surface area contributed by atoms with Crippen molar-refractivity contribution in [1.29, 1.82) is 0 Å². The fourth-order valence-electron chi connectivity index (χ4n) is 1.96. The predicted molar refractivity (Wildman–Crippen MR) is 96.7 cm³/mol. The molecule has 0 spiro atoms. The van der Waals surface area contributed by atoms with Crippen LogP contribution in [0.1, 0.15) is 38.7 Å². The Bertz CT molecular complexity index is 583. The Kier molecular flexibility index (Phi) is 9.82. The van der Waals surface area contributed by atoms with Gasteiger partial charge in [-0.1, -0.05) is 19.4 Å². The maximum atomic E-state index is 11.7. The van der Waals surface area contributed by atoms with Gasteiger partial charge in [-0.15, -0.1) is 0 Å². The van der Waals surface area contributed by atoms with Gasteiger partial charge >= 0.3 is 5.97 Å².